The van der Waals surface area contributed by atoms with Crippen LogP contribution < -0.4 is 10.6 Å². The zero-order valence-electron chi connectivity index (χ0n) is 12.6. The Balaban J connectivity index is 1.47. The Morgan fingerprint density at radius 1 is 1.39 bits per heavy atom. The molecule has 2 aliphatic rings. The van der Waals surface area contributed by atoms with Crippen LogP contribution in [-0.4, -0.2) is 38.8 Å². The third-order valence-corrected chi connectivity index (χ3v) is 3.90. The first-order valence-corrected chi connectivity index (χ1v) is 7.48. The summed E-state index contributed by atoms with van der Waals surface area (Å²) in [6, 6.07) is 0. The number of nitrogens with one attached hydrogen (secondary N) is 2. The summed E-state index contributed by atoms with van der Waals surface area (Å²) in [5.41, 5.74) is -0.449. The van der Waals surface area contributed by atoms with Crippen molar-refractivity contribution in [2.45, 2.75) is 44.4 Å². The van der Waals surface area contributed by atoms with Crippen LogP contribution in [0.4, 0.5) is 0 Å². The first-order valence-electron chi connectivity index (χ1n) is 7.48. The fourth-order valence-electron chi connectivity index (χ4n) is 2.48. The number of carbonyl (C=O) groups is 2. The standard InChI is InChI=1S/C14H17N7O2/c1-2-3-5-14(19-20-14)6-4-11(22)16-9-10-17-18-12-13(23)15-7-8-21(10)12/h1H,3-9H2,(H,15,23)(H,16,22). The number of carbonyl (C=O) groups excluding carboxylic acids is 2. The van der Waals surface area contributed by atoms with Crippen molar-refractivity contribution in [1.82, 2.24) is 25.4 Å². The Bertz CT molecular complexity index is 694. The number of amides is 2. The van der Waals surface area contributed by atoms with Gasteiger partial charge in [0.15, 0.2) is 11.5 Å². The Kier molecular flexibility index (Phi) is 4.06. The lowest BCUT2D eigenvalue weighted by molar-refractivity contribution is -0.121. The van der Waals surface area contributed by atoms with Gasteiger partial charge in [-0.05, 0) is 0 Å². The van der Waals surface area contributed by atoms with Crippen LogP contribution in [0.25, 0.3) is 0 Å². The molecule has 23 heavy (non-hydrogen) atoms. The molecule has 0 saturated carbocycles. The van der Waals surface area contributed by atoms with Crippen molar-refractivity contribution < 1.29 is 9.59 Å². The number of rotatable bonds is 7. The lowest BCUT2D eigenvalue weighted by Gasteiger charge is -2.15. The van der Waals surface area contributed by atoms with Crippen LogP contribution in [0, 0.1) is 12.3 Å². The third kappa shape index (κ3) is 3.36. The average molecular weight is 315 g/mol. The molecule has 2 N–H and O–H groups in total. The minimum absolute atomic E-state index is 0.111. The second kappa shape index (κ2) is 6.16. The fourth-order valence-corrected chi connectivity index (χ4v) is 2.48. The van der Waals surface area contributed by atoms with Gasteiger partial charge in [-0.3, -0.25) is 9.59 Å². The van der Waals surface area contributed by atoms with E-state index in [9.17, 15) is 9.59 Å². The normalized spacial score (nSPS) is 17.1. The van der Waals surface area contributed by atoms with E-state index in [-0.39, 0.29) is 24.2 Å². The molecular formula is C14H17N7O2. The summed E-state index contributed by atoms with van der Waals surface area (Å²) in [5, 5.41) is 21.3. The summed E-state index contributed by atoms with van der Waals surface area (Å²) in [4.78, 5) is 23.5. The van der Waals surface area contributed by atoms with Crippen LogP contribution in [0.5, 0.6) is 0 Å². The van der Waals surface area contributed by atoms with Crippen molar-refractivity contribution in [1.29, 1.82) is 0 Å². The first-order chi connectivity index (χ1) is 11.1. The largest absolute Gasteiger partial charge is 0.349 e. The van der Waals surface area contributed by atoms with Crippen LogP contribution in [-0.2, 0) is 17.9 Å². The molecule has 0 bridgehead atoms. The fraction of sp³-hybridized carbons (Fsp3) is 0.571. The van der Waals surface area contributed by atoms with Gasteiger partial charge in [0.05, 0.1) is 6.54 Å². The Hall–Kier alpha value is -2.76. The lowest BCUT2D eigenvalue weighted by Crippen LogP contribution is -2.37. The highest BCUT2D eigenvalue weighted by Gasteiger charge is 2.39. The van der Waals surface area contributed by atoms with E-state index in [2.05, 4.69) is 37.0 Å². The molecule has 9 nitrogen and oxygen atoms in total. The van der Waals surface area contributed by atoms with Crippen molar-refractivity contribution in [2.24, 2.45) is 10.2 Å². The van der Waals surface area contributed by atoms with Crippen LogP contribution in [0.3, 0.4) is 0 Å². The molecule has 0 spiro atoms. The molecule has 0 fully saturated rings. The number of hydrogen-bond acceptors (Lipinski definition) is 6. The minimum atomic E-state index is -0.449. The van der Waals surface area contributed by atoms with E-state index in [1.807, 2.05) is 0 Å². The van der Waals surface area contributed by atoms with Crippen LogP contribution >= 0.6 is 0 Å². The van der Waals surface area contributed by atoms with Crippen LogP contribution in [0.2, 0.25) is 0 Å². The number of nitrogens with zero attached hydrogens (tertiary/aromatic N) is 5. The van der Waals surface area contributed by atoms with E-state index in [1.54, 1.807) is 4.57 Å². The molecule has 0 saturated heterocycles. The summed E-state index contributed by atoms with van der Waals surface area (Å²) >= 11 is 0. The van der Waals surface area contributed by atoms with Gasteiger partial charge in [0.2, 0.25) is 11.7 Å². The summed E-state index contributed by atoms with van der Waals surface area (Å²) < 4.78 is 1.72. The number of fused-ring (bicyclic) bond motifs is 1. The van der Waals surface area contributed by atoms with E-state index in [0.29, 0.717) is 44.6 Å². The molecule has 1 aromatic heterocycles. The highest BCUT2D eigenvalue weighted by Crippen LogP contribution is 2.37. The van der Waals surface area contributed by atoms with Crippen molar-refractivity contribution in [3.05, 3.63) is 11.6 Å². The van der Waals surface area contributed by atoms with Gasteiger partial charge in [0, 0.05) is 38.8 Å². The summed E-state index contributed by atoms with van der Waals surface area (Å²) in [7, 11) is 0. The van der Waals surface area contributed by atoms with Gasteiger partial charge in [0.1, 0.15) is 0 Å². The van der Waals surface area contributed by atoms with E-state index in [0.717, 1.165) is 0 Å². The second-order valence-corrected chi connectivity index (χ2v) is 5.51. The molecule has 9 heteroatoms. The molecule has 0 unspecified atom stereocenters. The van der Waals surface area contributed by atoms with Crippen molar-refractivity contribution in [2.75, 3.05) is 6.54 Å². The van der Waals surface area contributed by atoms with Gasteiger partial charge >= 0.3 is 0 Å². The quantitative estimate of drug-likeness (QED) is 0.689. The smallest absolute Gasteiger partial charge is 0.289 e. The molecule has 2 aliphatic heterocycles. The van der Waals surface area contributed by atoms with Crippen molar-refractivity contribution >= 4 is 11.8 Å². The summed E-state index contributed by atoms with van der Waals surface area (Å²) in [6.07, 6.45) is 7.39. The Labute approximate surface area is 132 Å². The molecule has 3 rings (SSSR count). The Morgan fingerprint density at radius 3 is 2.96 bits per heavy atom. The average Bonchev–Trinajstić information content (AvgIpc) is 3.21. The molecule has 0 aromatic carbocycles. The zero-order valence-corrected chi connectivity index (χ0v) is 12.6. The molecule has 2 amide bonds. The predicted octanol–water partition coefficient (Wildman–Crippen LogP) is -0.00660. The molecule has 120 valence electrons. The predicted molar refractivity (Wildman–Crippen MR) is 79.1 cm³/mol. The summed E-state index contributed by atoms with van der Waals surface area (Å²) in [5.74, 6) is 3.06. The van der Waals surface area contributed by atoms with E-state index < -0.39 is 5.66 Å². The lowest BCUT2D eigenvalue weighted by atomic mass is 10.0. The topological polar surface area (TPSA) is 114 Å². The molecule has 0 radical (unpaired) electrons. The van der Waals surface area contributed by atoms with E-state index >= 15 is 0 Å². The zero-order chi connectivity index (χ0) is 16.3. The van der Waals surface area contributed by atoms with E-state index in [1.165, 1.54) is 0 Å². The minimum Gasteiger partial charge on any atom is -0.349 e. The van der Waals surface area contributed by atoms with Gasteiger partial charge in [-0.1, -0.05) is 0 Å². The first kappa shape index (κ1) is 15.1. The van der Waals surface area contributed by atoms with Gasteiger partial charge in [-0.2, -0.15) is 10.2 Å². The molecular weight excluding hydrogens is 298 g/mol. The maximum Gasteiger partial charge on any atom is 0.289 e. The highest BCUT2D eigenvalue weighted by atomic mass is 16.2. The molecule has 1 aromatic rings. The van der Waals surface area contributed by atoms with Gasteiger partial charge in [-0.25, -0.2) is 0 Å². The Morgan fingerprint density at radius 2 is 2.22 bits per heavy atom. The number of aromatic nitrogens is 3. The highest BCUT2D eigenvalue weighted by molar-refractivity contribution is 5.91. The van der Waals surface area contributed by atoms with Crippen molar-refractivity contribution in [3.63, 3.8) is 0 Å². The monoisotopic (exact) mass is 315 g/mol. The number of terminal acetylenes is 1. The van der Waals surface area contributed by atoms with Crippen LogP contribution in [0.15, 0.2) is 10.2 Å². The molecule has 0 aliphatic carbocycles. The number of hydrogen-bond donors (Lipinski definition) is 2. The second-order valence-electron chi connectivity index (χ2n) is 5.51. The maximum atomic E-state index is 11.9. The third-order valence-electron chi connectivity index (χ3n) is 3.90. The van der Waals surface area contributed by atoms with Gasteiger partial charge < -0.3 is 15.2 Å². The maximum absolute atomic E-state index is 11.9. The molecule has 0 atom stereocenters. The van der Waals surface area contributed by atoms with Crippen molar-refractivity contribution in [3.8, 4) is 12.3 Å². The molecule has 3 heterocycles. The van der Waals surface area contributed by atoms with E-state index in [4.69, 9.17) is 6.42 Å². The summed E-state index contributed by atoms with van der Waals surface area (Å²) in [6.45, 7) is 1.38. The SMILES string of the molecule is C#CCCC1(CCC(=O)NCc2nnc3n2CCNC3=O)N=N1. The van der Waals surface area contributed by atoms with Crippen LogP contribution in [0.1, 0.15) is 42.1 Å². The van der Waals surface area contributed by atoms with Gasteiger partial charge in [0.25, 0.3) is 5.91 Å². The van der Waals surface area contributed by atoms with Gasteiger partial charge in [-0.15, -0.1) is 22.5 Å².